The van der Waals surface area contributed by atoms with Crippen LogP contribution in [0.1, 0.15) is 11.3 Å². The maximum absolute atomic E-state index is 12.9. The molecule has 1 N–H and O–H groups in total. The highest BCUT2D eigenvalue weighted by atomic mass is 32.2. The van der Waals surface area contributed by atoms with E-state index in [-0.39, 0.29) is 4.90 Å². The molecule has 1 aromatic heterocycles. The Kier molecular flexibility index (Phi) is 2.91. The largest absolute Gasteiger partial charge is 0.365 e. The molecule has 0 atom stereocenters. The van der Waals surface area contributed by atoms with E-state index in [1.165, 1.54) is 28.6 Å². The number of nitrogens with one attached hydrogen (secondary N) is 1. The van der Waals surface area contributed by atoms with Gasteiger partial charge < -0.3 is 4.98 Å². The van der Waals surface area contributed by atoms with Gasteiger partial charge in [0.2, 0.25) is 10.0 Å². The van der Waals surface area contributed by atoms with Crippen molar-refractivity contribution in [3.05, 3.63) is 53.6 Å². The Morgan fingerprint density at radius 1 is 1.16 bits per heavy atom. The van der Waals surface area contributed by atoms with E-state index in [0.717, 1.165) is 11.3 Å². The van der Waals surface area contributed by atoms with E-state index in [1.807, 2.05) is 12.3 Å². The molecule has 0 unspecified atom stereocenters. The lowest BCUT2D eigenvalue weighted by Gasteiger charge is -2.26. The van der Waals surface area contributed by atoms with Gasteiger partial charge >= 0.3 is 0 Å². The van der Waals surface area contributed by atoms with Crippen LogP contribution in [-0.4, -0.2) is 24.3 Å². The van der Waals surface area contributed by atoms with E-state index >= 15 is 0 Å². The summed E-state index contributed by atoms with van der Waals surface area (Å²) < 4.78 is 39.1. The Morgan fingerprint density at radius 3 is 2.63 bits per heavy atom. The second-order valence-electron chi connectivity index (χ2n) is 4.52. The third-order valence-electron chi connectivity index (χ3n) is 3.34. The molecule has 0 bridgehead atoms. The fraction of sp³-hybridized carbons (Fsp3) is 0.231. The maximum Gasteiger partial charge on any atom is 0.243 e. The van der Waals surface area contributed by atoms with E-state index < -0.39 is 15.8 Å². The second kappa shape index (κ2) is 4.47. The van der Waals surface area contributed by atoms with Gasteiger partial charge in [-0.2, -0.15) is 4.31 Å². The maximum atomic E-state index is 12.9. The molecular weight excluding hydrogens is 267 g/mol. The van der Waals surface area contributed by atoms with E-state index in [2.05, 4.69) is 4.98 Å². The zero-order valence-electron chi connectivity index (χ0n) is 10.1. The van der Waals surface area contributed by atoms with Crippen molar-refractivity contribution >= 4 is 10.0 Å². The van der Waals surface area contributed by atoms with Crippen molar-refractivity contribution in [2.24, 2.45) is 0 Å². The molecule has 0 aliphatic carbocycles. The van der Waals surface area contributed by atoms with Crippen molar-refractivity contribution in [1.82, 2.24) is 9.29 Å². The van der Waals surface area contributed by atoms with Crippen molar-refractivity contribution in [3.63, 3.8) is 0 Å². The molecule has 0 saturated heterocycles. The Bertz CT molecular complexity index is 692. The molecule has 6 heteroatoms. The molecule has 1 aliphatic heterocycles. The van der Waals surface area contributed by atoms with Crippen molar-refractivity contribution in [2.45, 2.75) is 17.9 Å². The number of sulfonamides is 1. The molecule has 100 valence electrons. The number of halogens is 1. The number of fused-ring (bicyclic) bond motifs is 1. The van der Waals surface area contributed by atoms with Crippen molar-refractivity contribution in [1.29, 1.82) is 0 Å². The smallest absolute Gasteiger partial charge is 0.243 e. The van der Waals surface area contributed by atoms with Gasteiger partial charge in [0.1, 0.15) is 5.82 Å². The normalized spacial score (nSPS) is 16.3. The first-order valence-electron chi connectivity index (χ1n) is 5.98. The predicted octanol–water partition coefficient (Wildman–Crippen LogP) is 1.90. The highest BCUT2D eigenvalue weighted by Gasteiger charge is 2.28. The van der Waals surface area contributed by atoms with Crippen LogP contribution in [-0.2, 0) is 23.0 Å². The lowest BCUT2D eigenvalue weighted by Crippen LogP contribution is -2.35. The molecule has 0 radical (unpaired) electrons. The number of hydrogen-bond donors (Lipinski definition) is 1. The highest BCUT2D eigenvalue weighted by molar-refractivity contribution is 7.89. The number of rotatable bonds is 2. The Labute approximate surface area is 110 Å². The topological polar surface area (TPSA) is 53.2 Å². The molecule has 1 aromatic carbocycles. The number of aromatic amines is 1. The van der Waals surface area contributed by atoms with Crippen LogP contribution in [0.2, 0.25) is 0 Å². The average molecular weight is 280 g/mol. The van der Waals surface area contributed by atoms with Crippen molar-refractivity contribution < 1.29 is 12.8 Å². The molecular formula is C13H13FN2O2S. The first kappa shape index (κ1) is 12.4. The van der Waals surface area contributed by atoms with E-state index in [4.69, 9.17) is 0 Å². The van der Waals surface area contributed by atoms with Gasteiger partial charge in [-0.1, -0.05) is 0 Å². The molecule has 4 nitrogen and oxygen atoms in total. The lowest BCUT2D eigenvalue weighted by molar-refractivity contribution is 0.390. The van der Waals surface area contributed by atoms with Gasteiger partial charge in [-0.3, -0.25) is 0 Å². The Morgan fingerprint density at radius 2 is 1.89 bits per heavy atom. The van der Waals surface area contributed by atoms with Crippen molar-refractivity contribution in [3.8, 4) is 0 Å². The van der Waals surface area contributed by atoms with Crippen LogP contribution in [0.3, 0.4) is 0 Å². The summed E-state index contributed by atoms with van der Waals surface area (Å²) in [4.78, 5) is 3.24. The number of aromatic nitrogens is 1. The molecule has 0 amide bonds. The average Bonchev–Trinajstić information content (AvgIpc) is 2.86. The predicted molar refractivity (Wildman–Crippen MR) is 68.5 cm³/mol. The fourth-order valence-corrected chi connectivity index (χ4v) is 3.70. The summed E-state index contributed by atoms with van der Waals surface area (Å²) in [6.07, 6.45) is 2.49. The quantitative estimate of drug-likeness (QED) is 0.913. The van der Waals surface area contributed by atoms with Gasteiger partial charge in [0, 0.05) is 31.4 Å². The molecule has 19 heavy (non-hydrogen) atoms. The summed E-state index contributed by atoms with van der Waals surface area (Å²) in [5.41, 5.74) is 2.09. The lowest BCUT2D eigenvalue weighted by atomic mass is 10.1. The first-order chi connectivity index (χ1) is 9.07. The molecule has 3 rings (SSSR count). The zero-order valence-corrected chi connectivity index (χ0v) is 11.0. The first-order valence-corrected chi connectivity index (χ1v) is 7.42. The van der Waals surface area contributed by atoms with E-state index in [9.17, 15) is 12.8 Å². The summed E-state index contributed by atoms with van der Waals surface area (Å²) in [7, 11) is -3.55. The number of hydrogen-bond acceptors (Lipinski definition) is 2. The molecule has 0 spiro atoms. The molecule has 0 saturated carbocycles. The fourth-order valence-electron chi connectivity index (χ4n) is 2.28. The third-order valence-corrected chi connectivity index (χ3v) is 5.20. The number of nitrogens with zero attached hydrogens (tertiary/aromatic N) is 1. The van der Waals surface area contributed by atoms with Crippen LogP contribution < -0.4 is 0 Å². The van der Waals surface area contributed by atoms with E-state index in [0.29, 0.717) is 19.5 Å². The minimum Gasteiger partial charge on any atom is -0.365 e. The van der Waals surface area contributed by atoms with Gasteiger partial charge in [-0.15, -0.1) is 0 Å². The van der Waals surface area contributed by atoms with Crippen LogP contribution in [0, 0.1) is 5.82 Å². The van der Waals surface area contributed by atoms with Crippen LogP contribution in [0.25, 0.3) is 0 Å². The molecule has 2 heterocycles. The zero-order chi connectivity index (χ0) is 13.5. The van der Waals surface area contributed by atoms with E-state index in [1.54, 1.807) is 0 Å². The Hall–Kier alpha value is -1.66. The summed E-state index contributed by atoms with van der Waals surface area (Å²) in [6, 6.07) is 6.83. The number of benzene rings is 1. The van der Waals surface area contributed by atoms with Crippen LogP contribution >= 0.6 is 0 Å². The standard InChI is InChI=1S/C13H13FN2O2S/c14-11-1-3-12(4-2-11)19(17,18)16-8-6-13-10(9-16)5-7-15-13/h1-5,7,15H,6,8-9H2. The van der Waals surface area contributed by atoms with Crippen molar-refractivity contribution in [2.75, 3.05) is 6.54 Å². The summed E-state index contributed by atoms with van der Waals surface area (Å²) in [5, 5.41) is 0. The van der Waals surface area contributed by atoms with Gasteiger partial charge in [-0.05, 0) is 35.9 Å². The number of H-pyrrole nitrogens is 1. The molecule has 1 aliphatic rings. The SMILES string of the molecule is O=S(=O)(c1ccc(F)cc1)N1CCc2[nH]ccc2C1. The minimum absolute atomic E-state index is 0.132. The third kappa shape index (κ3) is 2.17. The summed E-state index contributed by atoms with van der Waals surface area (Å²) in [5.74, 6) is -0.439. The van der Waals surface area contributed by atoms with Crippen LogP contribution in [0.15, 0.2) is 41.4 Å². The second-order valence-corrected chi connectivity index (χ2v) is 6.46. The van der Waals surface area contributed by atoms with Gasteiger partial charge in [-0.25, -0.2) is 12.8 Å². The highest BCUT2D eigenvalue weighted by Crippen LogP contribution is 2.24. The van der Waals surface area contributed by atoms with Gasteiger partial charge in [0.05, 0.1) is 4.90 Å². The van der Waals surface area contributed by atoms with Crippen LogP contribution in [0.5, 0.6) is 0 Å². The molecule has 0 fully saturated rings. The molecule has 2 aromatic rings. The minimum atomic E-state index is -3.55. The van der Waals surface area contributed by atoms with Gasteiger partial charge in [0.25, 0.3) is 0 Å². The monoisotopic (exact) mass is 280 g/mol. The van der Waals surface area contributed by atoms with Gasteiger partial charge in [0.15, 0.2) is 0 Å². The Balaban J connectivity index is 1.92. The summed E-state index contributed by atoms with van der Waals surface area (Å²) in [6.45, 7) is 0.797. The summed E-state index contributed by atoms with van der Waals surface area (Å²) >= 11 is 0. The van der Waals surface area contributed by atoms with Crippen LogP contribution in [0.4, 0.5) is 4.39 Å².